The maximum atomic E-state index is 5.68. The van der Waals surface area contributed by atoms with Crippen LogP contribution < -0.4 is 5.73 Å². The zero-order chi connectivity index (χ0) is 10.6. The van der Waals surface area contributed by atoms with Crippen molar-refractivity contribution < 1.29 is 4.74 Å². The van der Waals surface area contributed by atoms with Crippen LogP contribution in [-0.4, -0.2) is 6.10 Å². The summed E-state index contributed by atoms with van der Waals surface area (Å²) in [6.07, 6.45) is 1.41. The molecule has 1 aromatic rings. The van der Waals surface area contributed by atoms with Crippen LogP contribution in [0.15, 0.2) is 6.07 Å². The summed E-state index contributed by atoms with van der Waals surface area (Å²) in [7, 11) is 0. The van der Waals surface area contributed by atoms with E-state index in [9.17, 15) is 0 Å². The molecule has 1 aromatic heterocycles. The molecule has 14 heavy (non-hydrogen) atoms. The van der Waals surface area contributed by atoms with Gasteiger partial charge in [-0.2, -0.15) is 0 Å². The molecular weight excluding hydrogens is 194 g/mol. The predicted octanol–water partition coefficient (Wildman–Crippen LogP) is 2.83. The summed E-state index contributed by atoms with van der Waals surface area (Å²) in [4.78, 5) is 2.57. The predicted molar refractivity (Wildman–Crippen MR) is 61.5 cm³/mol. The second-order valence-corrected chi connectivity index (χ2v) is 4.87. The maximum absolute atomic E-state index is 5.68. The SMILES string of the molecule is CCC(C)OCc1cc(CN)sc1C. The summed E-state index contributed by atoms with van der Waals surface area (Å²) in [5.74, 6) is 0. The summed E-state index contributed by atoms with van der Waals surface area (Å²) in [5, 5.41) is 0. The molecule has 2 N–H and O–H groups in total. The monoisotopic (exact) mass is 213 g/mol. The van der Waals surface area contributed by atoms with E-state index >= 15 is 0 Å². The lowest BCUT2D eigenvalue weighted by molar-refractivity contribution is 0.0508. The zero-order valence-electron chi connectivity index (χ0n) is 9.17. The van der Waals surface area contributed by atoms with E-state index < -0.39 is 0 Å². The Bertz CT molecular complexity index is 283. The van der Waals surface area contributed by atoms with Crippen LogP contribution in [0.25, 0.3) is 0 Å². The first-order chi connectivity index (χ1) is 6.67. The third-order valence-electron chi connectivity index (χ3n) is 2.37. The minimum absolute atomic E-state index is 0.343. The lowest BCUT2D eigenvalue weighted by atomic mass is 10.2. The van der Waals surface area contributed by atoms with Crippen LogP contribution in [0.3, 0.4) is 0 Å². The Hall–Kier alpha value is -0.380. The highest BCUT2D eigenvalue weighted by Crippen LogP contribution is 2.22. The van der Waals surface area contributed by atoms with Gasteiger partial charge in [-0.05, 0) is 31.9 Å². The molecule has 1 rings (SSSR count). The number of rotatable bonds is 5. The molecule has 0 aliphatic rings. The molecule has 3 heteroatoms. The van der Waals surface area contributed by atoms with Gasteiger partial charge in [0.1, 0.15) is 0 Å². The molecule has 0 aromatic carbocycles. The normalized spacial score (nSPS) is 13.1. The van der Waals surface area contributed by atoms with Crippen LogP contribution in [-0.2, 0) is 17.9 Å². The highest BCUT2D eigenvalue weighted by molar-refractivity contribution is 7.12. The van der Waals surface area contributed by atoms with E-state index in [1.165, 1.54) is 15.3 Å². The topological polar surface area (TPSA) is 35.2 Å². The number of aryl methyl sites for hydroxylation is 1. The van der Waals surface area contributed by atoms with Crippen LogP contribution in [0.5, 0.6) is 0 Å². The Labute approximate surface area is 90.1 Å². The summed E-state index contributed by atoms with van der Waals surface area (Å²) >= 11 is 1.77. The number of ether oxygens (including phenoxy) is 1. The van der Waals surface area contributed by atoms with Gasteiger partial charge in [-0.1, -0.05) is 6.92 Å². The maximum Gasteiger partial charge on any atom is 0.0731 e. The molecule has 1 unspecified atom stereocenters. The third kappa shape index (κ3) is 3.08. The van der Waals surface area contributed by atoms with Crippen molar-refractivity contribution in [3.63, 3.8) is 0 Å². The van der Waals surface area contributed by atoms with E-state index in [4.69, 9.17) is 10.5 Å². The second kappa shape index (κ2) is 5.49. The summed E-state index contributed by atoms with van der Waals surface area (Å²) < 4.78 is 5.68. The van der Waals surface area contributed by atoms with Crippen LogP contribution in [0.2, 0.25) is 0 Å². The standard InChI is InChI=1S/C11H19NOS/c1-4-8(2)13-7-10-5-11(6-12)14-9(10)3/h5,8H,4,6-7,12H2,1-3H3. The van der Waals surface area contributed by atoms with Crippen molar-refractivity contribution in [2.75, 3.05) is 0 Å². The average Bonchev–Trinajstić information content (AvgIpc) is 2.55. The first kappa shape index (κ1) is 11.7. The van der Waals surface area contributed by atoms with Crippen molar-refractivity contribution in [3.8, 4) is 0 Å². The average molecular weight is 213 g/mol. The molecule has 0 bridgehead atoms. The van der Waals surface area contributed by atoms with Gasteiger partial charge in [-0.25, -0.2) is 0 Å². The van der Waals surface area contributed by atoms with Crippen LogP contribution in [0.1, 0.15) is 35.6 Å². The van der Waals surface area contributed by atoms with E-state index in [-0.39, 0.29) is 0 Å². The first-order valence-corrected chi connectivity index (χ1v) is 5.88. The molecule has 0 spiro atoms. The van der Waals surface area contributed by atoms with Crippen molar-refractivity contribution >= 4 is 11.3 Å². The minimum Gasteiger partial charge on any atom is -0.374 e. The molecule has 0 saturated heterocycles. The number of thiophene rings is 1. The lowest BCUT2D eigenvalue weighted by Gasteiger charge is -2.09. The molecule has 0 aliphatic heterocycles. The largest absolute Gasteiger partial charge is 0.374 e. The highest BCUT2D eigenvalue weighted by atomic mass is 32.1. The van der Waals surface area contributed by atoms with Gasteiger partial charge in [0.2, 0.25) is 0 Å². The molecule has 80 valence electrons. The molecule has 0 saturated carbocycles. The van der Waals surface area contributed by atoms with Gasteiger partial charge in [0, 0.05) is 16.3 Å². The Morgan fingerprint density at radius 2 is 2.29 bits per heavy atom. The molecule has 0 radical (unpaired) electrons. The quantitative estimate of drug-likeness (QED) is 0.816. The molecule has 0 fully saturated rings. The van der Waals surface area contributed by atoms with Crippen LogP contribution in [0, 0.1) is 6.92 Å². The van der Waals surface area contributed by atoms with Crippen molar-refractivity contribution in [2.24, 2.45) is 5.73 Å². The van der Waals surface area contributed by atoms with Crippen LogP contribution >= 0.6 is 11.3 Å². The van der Waals surface area contributed by atoms with E-state index in [1.807, 2.05) is 0 Å². The molecule has 1 heterocycles. The Balaban J connectivity index is 2.53. The van der Waals surface area contributed by atoms with Gasteiger partial charge in [0.15, 0.2) is 0 Å². The fraction of sp³-hybridized carbons (Fsp3) is 0.636. The second-order valence-electron chi connectivity index (χ2n) is 3.53. The minimum atomic E-state index is 0.343. The molecule has 0 amide bonds. The summed E-state index contributed by atoms with van der Waals surface area (Å²) in [6, 6.07) is 2.16. The Kier molecular flexibility index (Phi) is 4.58. The fourth-order valence-corrected chi connectivity index (χ4v) is 2.11. The number of nitrogens with two attached hydrogens (primary N) is 1. The van der Waals surface area contributed by atoms with Crippen molar-refractivity contribution in [1.82, 2.24) is 0 Å². The lowest BCUT2D eigenvalue weighted by Crippen LogP contribution is -2.06. The smallest absolute Gasteiger partial charge is 0.0731 e. The fourth-order valence-electron chi connectivity index (χ4n) is 1.18. The third-order valence-corrected chi connectivity index (χ3v) is 3.49. The van der Waals surface area contributed by atoms with Gasteiger partial charge >= 0.3 is 0 Å². The summed E-state index contributed by atoms with van der Waals surface area (Å²) in [5.41, 5.74) is 6.87. The van der Waals surface area contributed by atoms with Gasteiger partial charge in [-0.3, -0.25) is 0 Å². The zero-order valence-corrected chi connectivity index (χ0v) is 9.99. The van der Waals surface area contributed by atoms with Crippen molar-refractivity contribution in [1.29, 1.82) is 0 Å². The first-order valence-electron chi connectivity index (χ1n) is 5.07. The van der Waals surface area contributed by atoms with Gasteiger partial charge in [0.25, 0.3) is 0 Å². The molecular formula is C11H19NOS. The molecule has 0 aliphatic carbocycles. The molecule has 1 atom stereocenters. The highest BCUT2D eigenvalue weighted by Gasteiger charge is 2.06. The van der Waals surface area contributed by atoms with Gasteiger partial charge < -0.3 is 10.5 Å². The number of hydrogen-bond donors (Lipinski definition) is 1. The van der Waals surface area contributed by atoms with E-state index in [0.29, 0.717) is 12.6 Å². The molecule has 2 nitrogen and oxygen atoms in total. The van der Waals surface area contributed by atoms with Crippen molar-refractivity contribution in [3.05, 3.63) is 21.4 Å². The number of hydrogen-bond acceptors (Lipinski definition) is 3. The Morgan fingerprint density at radius 3 is 2.79 bits per heavy atom. The van der Waals surface area contributed by atoms with E-state index in [0.717, 1.165) is 13.0 Å². The van der Waals surface area contributed by atoms with Crippen molar-refractivity contribution in [2.45, 2.75) is 46.4 Å². The Morgan fingerprint density at radius 1 is 1.57 bits per heavy atom. The van der Waals surface area contributed by atoms with E-state index in [1.54, 1.807) is 11.3 Å². The summed E-state index contributed by atoms with van der Waals surface area (Å²) in [6.45, 7) is 7.72. The van der Waals surface area contributed by atoms with Crippen LogP contribution in [0.4, 0.5) is 0 Å². The van der Waals surface area contributed by atoms with Gasteiger partial charge in [-0.15, -0.1) is 11.3 Å². The van der Waals surface area contributed by atoms with E-state index in [2.05, 4.69) is 26.8 Å². The van der Waals surface area contributed by atoms with Gasteiger partial charge in [0.05, 0.1) is 12.7 Å².